The van der Waals surface area contributed by atoms with Gasteiger partial charge in [-0.05, 0) is 20.4 Å². The molecule has 0 bridgehead atoms. The number of nitrogens with one attached hydrogen (secondary N) is 1. The van der Waals surface area contributed by atoms with Crippen molar-refractivity contribution in [3.05, 3.63) is 24.0 Å². The lowest BCUT2D eigenvalue weighted by molar-refractivity contribution is 0.429. The Balaban J connectivity index is 2.27. The molecular formula is C12H18N4O. The number of rotatable bonds is 4. The Morgan fingerprint density at radius 2 is 2.24 bits per heavy atom. The van der Waals surface area contributed by atoms with Crippen LogP contribution in [-0.4, -0.2) is 21.3 Å². The van der Waals surface area contributed by atoms with Crippen LogP contribution in [0, 0.1) is 6.92 Å². The first-order valence-electron chi connectivity index (χ1n) is 5.81. The summed E-state index contributed by atoms with van der Waals surface area (Å²) in [5.41, 5.74) is 2.07. The standard InChI is InChI=1S/C12H18N4O/c1-5-13-8(2)12-14-7-11(17-12)10-6-15-16(4)9(10)3/h6-8,13H,5H2,1-4H3. The molecule has 1 unspecified atom stereocenters. The van der Waals surface area contributed by atoms with Gasteiger partial charge in [-0.25, -0.2) is 4.98 Å². The van der Waals surface area contributed by atoms with Gasteiger partial charge in [0.1, 0.15) is 0 Å². The van der Waals surface area contributed by atoms with E-state index in [0.717, 1.165) is 23.6 Å². The van der Waals surface area contributed by atoms with E-state index >= 15 is 0 Å². The minimum Gasteiger partial charge on any atom is -0.439 e. The molecule has 5 heteroatoms. The molecule has 17 heavy (non-hydrogen) atoms. The van der Waals surface area contributed by atoms with Crippen molar-refractivity contribution in [2.75, 3.05) is 6.54 Å². The maximum Gasteiger partial charge on any atom is 0.211 e. The highest BCUT2D eigenvalue weighted by atomic mass is 16.4. The number of hydrogen-bond donors (Lipinski definition) is 1. The Bertz CT molecular complexity index is 500. The Hall–Kier alpha value is -1.62. The molecule has 92 valence electrons. The van der Waals surface area contributed by atoms with Gasteiger partial charge in [-0.15, -0.1) is 0 Å². The van der Waals surface area contributed by atoms with Crippen molar-refractivity contribution in [2.24, 2.45) is 7.05 Å². The lowest BCUT2D eigenvalue weighted by Gasteiger charge is -2.06. The van der Waals surface area contributed by atoms with Crippen molar-refractivity contribution < 1.29 is 4.42 Å². The lowest BCUT2D eigenvalue weighted by Crippen LogP contribution is -2.17. The zero-order valence-electron chi connectivity index (χ0n) is 10.7. The number of aromatic nitrogens is 3. The molecule has 2 rings (SSSR count). The van der Waals surface area contributed by atoms with Crippen LogP contribution in [0.25, 0.3) is 11.3 Å². The fourth-order valence-electron chi connectivity index (χ4n) is 1.75. The van der Waals surface area contributed by atoms with Gasteiger partial charge in [-0.1, -0.05) is 6.92 Å². The van der Waals surface area contributed by atoms with Crippen molar-refractivity contribution in [1.29, 1.82) is 0 Å². The summed E-state index contributed by atoms with van der Waals surface area (Å²) in [4.78, 5) is 4.30. The first kappa shape index (κ1) is 11.9. The monoisotopic (exact) mass is 234 g/mol. The molecule has 2 aromatic heterocycles. The van der Waals surface area contributed by atoms with Crippen molar-refractivity contribution in [3.63, 3.8) is 0 Å². The molecule has 0 fully saturated rings. The molecule has 0 aliphatic heterocycles. The van der Waals surface area contributed by atoms with Gasteiger partial charge < -0.3 is 9.73 Å². The largest absolute Gasteiger partial charge is 0.439 e. The van der Waals surface area contributed by atoms with Gasteiger partial charge >= 0.3 is 0 Å². The second-order valence-corrected chi connectivity index (χ2v) is 4.11. The van der Waals surface area contributed by atoms with Gasteiger partial charge in [-0.2, -0.15) is 5.10 Å². The van der Waals surface area contributed by atoms with E-state index in [9.17, 15) is 0 Å². The van der Waals surface area contributed by atoms with Crippen LogP contribution in [0.3, 0.4) is 0 Å². The van der Waals surface area contributed by atoms with Crippen molar-refractivity contribution >= 4 is 0 Å². The predicted octanol–water partition coefficient (Wildman–Crippen LogP) is 2.05. The van der Waals surface area contributed by atoms with Gasteiger partial charge in [0.25, 0.3) is 0 Å². The molecule has 0 aliphatic carbocycles. The summed E-state index contributed by atoms with van der Waals surface area (Å²) < 4.78 is 7.58. The molecule has 0 aromatic carbocycles. The second kappa shape index (κ2) is 4.71. The van der Waals surface area contributed by atoms with Crippen LogP contribution in [0.4, 0.5) is 0 Å². The summed E-state index contributed by atoms with van der Waals surface area (Å²) in [5.74, 6) is 1.49. The number of oxazole rings is 1. The van der Waals surface area contributed by atoms with E-state index in [1.165, 1.54) is 0 Å². The third-order valence-electron chi connectivity index (χ3n) is 2.91. The van der Waals surface area contributed by atoms with E-state index in [1.54, 1.807) is 12.4 Å². The van der Waals surface area contributed by atoms with E-state index in [4.69, 9.17) is 4.42 Å². The molecule has 5 nitrogen and oxygen atoms in total. The second-order valence-electron chi connectivity index (χ2n) is 4.11. The quantitative estimate of drug-likeness (QED) is 0.879. The summed E-state index contributed by atoms with van der Waals surface area (Å²) in [7, 11) is 1.91. The van der Waals surface area contributed by atoms with E-state index in [0.29, 0.717) is 5.89 Å². The van der Waals surface area contributed by atoms with Gasteiger partial charge in [0.05, 0.1) is 24.0 Å². The fraction of sp³-hybridized carbons (Fsp3) is 0.500. The Kier molecular flexibility index (Phi) is 3.28. The average molecular weight is 234 g/mol. The maximum atomic E-state index is 5.75. The first-order valence-corrected chi connectivity index (χ1v) is 5.81. The maximum absolute atomic E-state index is 5.75. The fourth-order valence-corrected chi connectivity index (χ4v) is 1.75. The van der Waals surface area contributed by atoms with Crippen LogP contribution in [0.5, 0.6) is 0 Å². The number of hydrogen-bond acceptors (Lipinski definition) is 4. The average Bonchev–Trinajstić information content (AvgIpc) is 2.88. The highest BCUT2D eigenvalue weighted by molar-refractivity contribution is 5.58. The topological polar surface area (TPSA) is 55.9 Å². The third kappa shape index (κ3) is 2.24. The molecule has 1 atom stereocenters. The SMILES string of the molecule is CCNC(C)c1ncc(-c2cnn(C)c2C)o1. The Morgan fingerprint density at radius 1 is 1.47 bits per heavy atom. The predicted molar refractivity (Wildman–Crippen MR) is 65.5 cm³/mol. The summed E-state index contributed by atoms with van der Waals surface area (Å²) in [6.45, 7) is 7.00. The Morgan fingerprint density at radius 3 is 2.82 bits per heavy atom. The molecule has 0 saturated carbocycles. The van der Waals surface area contributed by atoms with Gasteiger partial charge in [-0.3, -0.25) is 4.68 Å². The zero-order valence-corrected chi connectivity index (χ0v) is 10.7. The van der Waals surface area contributed by atoms with Crippen molar-refractivity contribution in [1.82, 2.24) is 20.1 Å². The van der Waals surface area contributed by atoms with E-state index in [-0.39, 0.29) is 6.04 Å². The minimum atomic E-state index is 0.130. The van der Waals surface area contributed by atoms with E-state index in [2.05, 4.69) is 22.3 Å². The molecule has 0 aliphatic rings. The molecule has 2 heterocycles. The van der Waals surface area contributed by atoms with E-state index < -0.39 is 0 Å². The van der Waals surface area contributed by atoms with Crippen LogP contribution in [0.15, 0.2) is 16.8 Å². The van der Waals surface area contributed by atoms with E-state index in [1.807, 2.05) is 25.6 Å². The summed E-state index contributed by atoms with van der Waals surface area (Å²) >= 11 is 0. The van der Waals surface area contributed by atoms with Gasteiger partial charge in [0.2, 0.25) is 5.89 Å². The minimum absolute atomic E-state index is 0.130. The third-order valence-corrected chi connectivity index (χ3v) is 2.91. The van der Waals surface area contributed by atoms with Gasteiger partial charge in [0.15, 0.2) is 5.76 Å². The molecule has 1 N–H and O–H groups in total. The molecule has 0 radical (unpaired) electrons. The van der Waals surface area contributed by atoms with Crippen LogP contribution in [0.2, 0.25) is 0 Å². The summed E-state index contributed by atoms with van der Waals surface area (Å²) in [5, 5.41) is 7.47. The van der Waals surface area contributed by atoms with Crippen LogP contribution in [-0.2, 0) is 7.05 Å². The van der Waals surface area contributed by atoms with Crippen molar-refractivity contribution in [3.8, 4) is 11.3 Å². The zero-order chi connectivity index (χ0) is 12.4. The molecule has 2 aromatic rings. The summed E-state index contributed by atoms with van der Waals surface area (Å²) in [6, 6.07) is 0.130. The van der Waals surface area contributed by atoms with Crippen LogP contribution >= 0.6 is 0 Å². The lowest BCUT2D eigenvalue weighted by atomic mass is 10.2. The highest BCUT2D eigenvalue weighted by Gasteiger charge is 2.15. The first-order chi connectivity index (χ1) is 8.13. The van der Waals surface area contributed by atoms with Gasteiger partial charge in [0, 0.05) is 12.7 Å². The number of nitrogens with zero attached hydrogens (tertiary/aromatic N) is 3. The molecule has 0 amide bonds. The van der Waals surface area contributed by atoms with Crippen LogP contribution < -0.4 is 5.32 Å². The highest BCUT2D eigenvalue weighted by Crippen LogP contribution is 2.25. The van der Waals surface area contributed by atoms with Crippen LogP contribution in [0.1, 0.15) is 31.5 Å². The normalized spacial score (nSPS) is 12.9. The smallest absolute Gasteiger partial charge is 0.211 e. The summed E-state index contributed by atoms with van der Waals surface area (Å²) in [6.07, 6.45) is 3.56. The molecular weight excluding hydrogens is 216 g/mol. The molecule has 0 saturated heterocycles. The van der Waals surface area contributed by atoms with Crippen molar-refractivity contribution in [2.45, 2.75) is 26.8 Å². The number of aryl methyl sites for hydroxylation is 1. The Labute approximate surface area is 101 Å². The molecule has 0 spiro atoms.